The number of aryl methyl sites for hydroxylation is 1. The number of hydrogen-bond acceptors (Lipinski definition) is 5. The molecule has 0 saturated carbocycles. The number of aromatic nitrogens is 2. The van der Waals surface area contributed by atoms with E-state index in [4.69, 9.17) is 4.98 Å². The molecule has 2 aromatic carbocycles. The molecule has 0 radical (unpaired) electrons. The van der Waals surface area contributed by atoms with Crippen LogP contribution in [0, 0.1) is 12.8 Å². The summed E-state index contributed by atoms with van der Waals surface area (Å²) in [5.41, 5.74) is 9.09. The third-order valence-corrected chi connectivity index (χ3v) is 8.01. The molecule has 1 unspecified atom stereocenters. The number of piperazine rings is 1. The van der Waals surface area contributed by atoms with Crippen molar-refractivity contribution in [3.8, 4) is 22.3 Å². The molecule has 2 aliphatic heterocycles. The van der Waals surface area contributed by atoms with Gasteiger partial charge in [0, 0.05) is 79.8 Å². The van der Waals surface area contributed by atoms with Gasteiger partial charge < -0.3 is 24.8 Å². The topological polar surface area (TPSA) is 58.6 Å². The van der Waals surface area contributed by atoms with Crippen LogP contribution >= 0.6 is 0 Å². The van der Waals surface area contributed by atoms with Gasteiger partial charge in [-0.25, -0.2) is 4.98 Å². The van der Waals surface area contributed by atoms with Crippen LogP contribution in [-0.2, 0) is 0 Å². The second kappa shape index (κ2) is 9.36. The molecule has 6 nitrogen and oxygen atoms in total. The first-order valence-corrected chi connectivity index (χ1v) is 12.9. The van der Waals surface area contributed by atoms with Gasteiger partial charge in [0.1, 0.15) is 5.65 Å². The average molecular weight is 482 g/mol. The molecular weight excluding hydrogens is 446 g/mol. The number of aromatic amines is 1. The highest BCUT2D eigenvalue weighted by Gasteiger charge is 2.30. The Kier molecular flexibility index (Phi) is 6.04. The lowest BCUT2D eigenvalue weighted by atomic mass is 9.89. The van der Waals surface area contributed by atoms with E-state index >= 15 is 0 Å². The summed E-state index contributed by atoms with van der Waals surface area (Å²) in [4.78, 5) is 15.2. The van der Waals surface area contributed by atoms with Crippen LogP contribution in [0.2, 0.25) is 0 Å². The van der Waals surface area contributed by atoms with Gasteiger partial charge in [-0.15, -0.1) is 0 Å². The molecule has 2 saturated heterocycles. The molecule has 1 atom stereocenters. The molecule has 4 aromatic rings. The van der Waals surface area contributed by atoms with Crippen molar-refractivity contribution in [2.45, 2.75) is 13.0 Å². The minimum absolute atomic E-state index is 0.326. The van der Waals surface area contributed by atoms with Crippen LogP contribution in [0.3, 0.4) is 0 Å². The van der Waals surface area contributed by atoms with Crippen molar-refractivity contribution in [3.05, 3.63) is 72.1 Å². The Hall–Kier alpha value is -3.19. The van der Waals surface area contributed by atoms with Gasteiger partial charge in [0.15, 0.2) is 0 Å². The van der Waals surface area contributed by atoms with Crippen molar-refractivity contribution in [2.24, 2.45) is 5.92 Å². The number of aliphatic hydroxyl groups excluding tert-OH is 1. The number of likely N-dealkylation sites (tertiary alicyclic amines) is 1. The van der Waals surface area contributed by atoms with Gasteiger partial charge in [-0.3, -0.25) is 0 Å². The van der Waals surface area contributed by atoms with Gasteiger partial charge in [0.05, 0.1) is 6.10 Å². The highest BCUT2D eigenvalue weighted by atomic mass is 16.3. The Balaban J connectivity index is 1.26. The van der Waals surface area contributed by atoms with E-state index in [0.29, 0.717) is 5.92 Å². The van der Waals surface area contributed by atoms with Crippen LogP contribution in [0.5, 0.6) is 0 Å². The zero-order valence-electron chi connectivity index (χ0n) is 21.4. The monoisotopic (exact) mass is 481 g/mol. The van der Waals surface area contributed by atoms with Crippen LogP contribution in [0.4, 0.5) is 5.69 Å². The quantitative estimate of drug-likeness (QED) is 0.438. The number of fused-ring (bicyclic) bond motifs is 1. The van der Waals surface area contributed by atoms with Crippen LogP contribution in [0.1, 0.15) is 17.2 Å². The van der Waals surface area contributed by atoms with Crippen LogP contribution in [-0.4, -0.2) is 78.2 Å². The maximum absolute atomic E-state index is 10.7. The summed E-state index contributed by atoms with van der Waals surface area (Å²) in [5, 5.41) is 11.8. The second-order valence-corrected chi connectivity index (χ2v) is 10.7. The zero-order valence-corrected chi connectivity index (χ0v) is 21.4. The summed E-state index contributed by atoms with van der Waals surface area (Å²) in [6.45, 7) is 8.48. The van der Waals surface area contributed by atoms with Crippen molar-refractivity contribution in [1.82, 2.24) is 19.8 Å². The lowest BCUT2D eigenvalue weighted by molar-refractivity contribution is 0.00901. The SMILES string of the molecule is Cc1cc(-c2cnc3[nH]cc(-c4ccc(C(O)C5CN(C)C5)cc4)c3c2)ccc1N1CCN(C)CC1. The van der Waals surface area contributed by atoms with Gasteiger partial charge in [0.25, 0.3) is 0 Å². The first-order chi connectivity index (χ1) is 17.5. The minimum atomic E-state index is -0.399. The predicted molar refractivity (Wildman–Crippen MR) is 147 cm³/mol. The number of pyridine rings is 1. The molecule has 6 rings (SSSR count). The Labute approximate surface area is 213 Å². The number of hydrogen-bond donors (Lipinski definition) is 2. The van der Waals surface area contributed by atoms with E-state index in [0.717, 1.165) is 72.6 Å². The van der Waals surface area contributed by atoms with Crippen LogP contribution in [0.15, 0.2) is 60.9 Å². The maximum atomic E-state index is 10.7. The summed E-state index contributed by atoms with van der Waals surface area (Å²) in [6.07, 6.45) is 3.60. The maximum Gasteiger partial charge on any atom is 0.137 e. The third kappa shape index (κ3) is 4.30. The first kappa shape index (κ1) is 23.2. The van der Waals surface area contributed by atoms with Gasteiger partial charge in [-0.2, -0.15) is 0 Å². The van der Waals surface area contributed by atoms with Gasteiger partial charge in [-0.05, 0) is 61.5 Å². The Morgan fingerprint density at radius 1 is 0.889 bits per heavy atom. The molecule has 2 aliphatic rings. The lowest BCUT2D eigenvalue weighted by Gasteiger charge is -2.39. The number of H-pyrrole nitrogens is 1. The standard InChI is InChI=1S/C30H35N5O/c1-20-14-23(8-9-28(20)35-12-10-33(2)11-13-35)24-15-26-27(17-32-30(26)31-16-24)21-4-6-22(7-5-21)29(36)25-18-34(3)19-25/h4-9,14-17,25,29,36H,10-13,18-19H2,1-3H3,(H,31,32). The van der Waals surface area contributed by atoms with E-state index in [1.54, 1.807) is 0 Å². The van der Waals surface area contributed by atoms with Crippen molar-refractivity contribution in [1.29, 1.82) is 0 Å². The van der Waals surface area contributed by atoms with E-state index in [9.17, 15) is 5.11 Å². The first-order valence-electron chi connectivity index (χ1n) is 12.9. The summed E-state index contributed by atoms with van der Waals surface area (Å²) in [5.74, 6) is 0.326. The summed E-state index contributed by atoms with van der Waals surface area (Å²) in [7, 11) is 4.28. The Morgan fingerprint density at radius 2 is 1.61 bits per heavy atom. The van der Waals surface area contributed by atoms with Crippen molar-refractivity contribution in [3.63, 3.8) is 0 Å². The van der Waals surface area contributed by atoms with Crippen LogP contribution < -0.4 is 4.90 Å². The third-order valence-electron chi connectivity index (χ3n) is 8.01. The predicted octanol–water partition coefficient (Wildman–Crippen LogP) is 4.55. The highest BCUT2D eigenvalue weighted by Crippen LogP contribution is 2.35. The number of likely N-dealkylation sites (N-methyl/N-ethyl adjacent to an activating group) is 1. The van der Waals surface area contributed by atoms with E-state index in [-0.39, 0.29) is 0 Å². The molecule has 4 heterocycles. The summed E-state index contributed by atoms with van der Waals surface area (Å²) >= 11 is 0. The average Bonchev–Trinajstić information content (AvgIpc) is 3.30. The molecule has 6 heteroatoms. The molecule has 0 bridgehead atoms. The molecule has 0 spiro atoms. The van der Waals surface area contributed by atoms with Gasteiger partial charge >= 0.3 is 0 Å². The molecular formula is C30H35N5O. The zero-order chi connectivity index (χ0) is 24.8. The minimum Gasteiger partial charge on any atom is -0.388 e. The summed E-state index contributed by atoms with van der Waals surface area (Å²) in [6, 6.07) is 17.4. The number of aliphatic hydroxyl groups is 1. The van der Waals surface area contributed by atoms with Crippen LogP contribution in [0.25, 0.3) is 33.3 Å². The van der Waals surface area contributed by atoms with E-state index in [1.165, 1.54) is 16.8 Å². The number of rotatable bonds is 5. The fraction of sp³-hybridized carbons (Fsp3) is 0.367. The second-order valence-electron chi connectivity index (χ2n) is 10.7. The Bertz CT molecular complexity index is 1360. The fourth-order valence-electron chi connectivity index (χ4n) is 5.72. The molecule has 2 aromatic heterocycles. The van der Waals surface area contributed by atoms with E-state index in [2.05, 4.69) is 89.2 Å². The number of nitrogens with zero attached hydrogens (tertiary/aromatic N) is 4. The molecule has 186 valence electrons. The van der Waals surface area contributed by atoms with E-state index < -0.39 is 6.10 Å². The van der Waals surface area contributed by atoms with Gasteiger partial charge in [0.2, 0.25) is 0 Å². The largest absolute Gasteiger partial charge is 0.388 e. The fourth-order valence-corrected chi connectivity index (χ4v) is 5.72. The van der Waals surface area contributed by atoms with Gasteiger partial charge in [-0.1, -0.05) is 30.3 Å². The number of benzene rings is 2. The molecule has 0 aliphatic carbocycles. The van der Waals surface area contributed by atoms with Crippen molar-refractivity contribution >= 4 is 16.7 Å². The summed E-state index contributed by atoms with van der Waals surface area (Å²) < 4.78 is 0. The van der Waals surface area contributed by atoms with Crippen molar-refractivity contribution < 1.29 is 5.11 Å². The number of anilines is 1. The number of nitrogens with one attached hydrogen (secondary N) is 1. The lowest BCUT2D eigenvalue weighted by Crippen LogP contribution is -2.46. The molecule has 2 N–H and O–H groups in total. The smallest absolute Gasteiger partial charge is 0.137 e. The molecule has 36 heavy (non-hydrogen) atoms. The molecule has 0 amide bonds. The Morgan fingerprint density at radius 3 is 2.31 bits per heavy atom. The normalized spacial score (nSPS) is 18.5. The highest BCUT2D eigenvalue weighted by molar-refractivity contribution is 5.95. The van der Waals surface area contributed by atoms with Crippen molar-refractivity contribution in [2.75, 3.05) is 58.3 Å². The van der Waals surface area contributed by atoms with E-state index in [1.807, 2.05) is 12.4 Å². The molecule has 2 fully saturated rings.